The third kappa shape index (κ3) is 2.93. The van der Waals surface area contributed by atoms with Crippen LogP contribution in [0.4, 0.5) is 5.69 Å². The highest BCUT2D eigenvalue weighted by Gasteiger charge is 2.09. The Morgan fingerprint density at radius 3 is 2.58 bits per heavy atom. The van der Waals surface area contributed by atoms with Gasteiger partial charge in [0.2, 0.25) is 0 Å². The standard InChI is InChI=1S/C16H13NO2/c1-11-4-2-5-12(10-11)8-9-13-6-3-7-14(15(13)17)16(18)19/h2-7,10H,17H2,1H3,(H,18,19). The lowest BCUT2D eigenvalue weighted by Crippen LogP contribution is -2.03. The zero-order valence-corrected chi connectivity index (χ0v) is 10.5. The van der Waals surface area contributed by atoms with E-state index in [-0.39, 0.29) is 11.3 Å². The van der Waals surface area contributed by atoms with Gasteiger partial charge < -0.3 is 10.8 Å². The van der Waals surface area contributed by atoms with Crippen LogP contribution in [-0.4, -0.2) is 11.1 Å². The topological polar surface area (TPSA) is 63.3 Å². The summed E-state index contributed by atoms with van der Waals surface area (Å²) in [5.41, 5.74) is 8.61. The van der Waals surface area contributed by atoms with Gasteiger partial charge in [0, 0.05) is 11.1 Å². The van der Waals surface area contributed by atoms with Crippen LogP contribution in [0, 0.1) is 18.8 Å². The summed E-state index contributed by atoms with van der Waals surface area (Å²) >= 11 is 0. The number of aromatic carboxylic acids is 1. The van der Waals surface area contributed by atoms with Crippen LogP contribution in [-0.2, 0) is 0 Å². The number of benzene rings is 2. The second-order valence-electron chi connectivity index (χ2n) is 4.19. The van der Waals surface area contributed by atoms with Crippen LogP contribution in [0.25, 0.3) is 0 Å². The number of carboxylic acid groups (broad SMARTS) is 1. The monoisotopic (exact) mass is 251 g/mol. The van der Waals surface area contributed by atoms with Crippen molar-refractivity contribution in [3.63, 3.8) is 0 Å². The molecule has 19 heavy (non-hydrogen) atoms. The molecule has 0 aliphatic heterocycles. The minimum Gasteiger partial charge on any atom is -0.478 e. The lowest BCUT2D eigenvalue weighted by atomic mass is 10.1. The second kappa shape index (κ2) is 5.28. The second-order valence-corrected chi connectivity index (χ2v) is 4.19. The molecule has 94 valence electrons. The fraction of sp³-hybridized carbons (Fsp3) is 0.0625. The maximum Gasteiger partial charge on any atom is 0.337 e. The molecule has 0 atom stereocenters. The summed E-state index contributed by atoms with van der Waals surface area (Å²) in [6, 6.07) is 12.6. The van der Waals surface area contributed by atoms with E-state index in [0.717, 1.165) is 11.1 Å². The first-order valence-corrected chi connectivity index (χ1v) is 5.78. The molecule has 2 rings (SSSR count). The fourth-order valence-corrected chi connectivity index (χ4v) is 1.72. The van der Waals surface area contributed by atoms with Crippen LogP contribution in [0.1, 0.15) is 27.0 Å². The van der Waals surface area contributed by atoms with Crippen molar-refractivity contribution in [2.75, 3.05) is 5.73 Å². The zero-order valence-electron chi connectivity index (χ0n) is 10.5. The Hall–Kier alpha value is -2.73. The van der Waals surface area contributed by atoms with Crippen molar-refractivity contribution >= 4 is 11.7 Å². The van der Waals surface area contributed by atoms with Gasteiger partial charge >= 0.3 is 5.97 Å². The molecule has 0 aliphatic rings. The molecule has 0 amide bonds. The number of aryl methyl sites for hydroxylation is 1. The normalized spacial score (nSPS) is 9.53. The number of hydrogen-bond donors (Lipinski definition) is 2. The Kier molecular flexibility index (Phi) is 3.53. The van der Waals surface area contributed by atoms with Crippen LogP contribution in [0.3, 0.4) is 0 Å². The molecule has 2 aromatic carbocycles. The molecule has 0 saturated heterocycles. The van der Waals surface area contributed by atoms with E-state index in [0.29, 0.717) is 5.56 Å². The van der Waals surface area contributed by atoms with Gasteiger partial charge in [0.15, 0.2) is 0 Å². The largest absolute Gasteiger partial charge is 0.478 e. The SMILES string of the molecule is Cc1cccc(C#Cc2cccc(C(=O)O)c2N)c1. The van der Waals surface area contributed by atoms with Gasteiger partial charge in [-0.1, -0.05) is 30.0 Å². The summed E-state index contributed by atoms with van der Waals surface area (Å²) in [5.74, 6) is 4.85. The lowest BCUT2D eigenvalue weighted by Gasteiger charge is -2.02. The molecule has 3 heteroatoms. The van der Waals surface area contributed by atoms with Crippen LogP contribution < -0.4 is 5.73 Å². The van der Waals surface area contributed by atoms with E-state index in [2.05, 4.69) is 11.8 Å². The minimum atomic E-state index is -1.04. The highest BCUT2D eigenvalue weighted by molar-refractivity contribution is 5.95. The summed E-state index contributed by atoms with van der Waals surface area (Å²) in [4.78, 5) is 11.0. The van der Waals surface area contributed by atoms with Gasteiger partial charge in [0.05, 0.1) is 11.3 Å². The van der Waals surface area contributed by atoms with Crippen LogP contribution in [0.2, 0.25) is 0 Å². The van der Waals surface area contributed by atoms with Crippen molar-refractivity contribution in [2.24, 2.45) is 0 Å². The molecule has 0 aromatic heterocycles. The number of nitrogen functional groups attached to an aromatic ring is 1. The molecule has 0 bridgehead atoms. The Bertz CT molecular complexity index is 693. The summed E-state index contributed by atoms with van der Waals surface area (Å²) in [5, 5.41) is 8.98. The molecule has 0 saturated carbocycles. The average Bonchev–Trinajstić information content (AvgIpc) is 2.37. The van der Waals surface area contributed by atoms with Gasteiger partial charge in [-0.05, 0) is 36.8 Å². The highest BCUT2D eigenvalue weighted by Crippen LogP contribution is 2.16. The summed E-state index contributed by atoms with van der Waals surface area (Å²) in [6.45, 7) is 1.99. The predicted octanol–water partition coefficient (Wildman–Crippen LogP) is 2.68. The highest BCUT2D eigenvalue weighted by atomic mass is 16.4. The summed E-state index contributed by atoms with van der Waals surface area (Å²) in [6.07, 6.45) is 0. The van der Waals surface area contributed by atoms with Crippen LogP contribution in [0.15, 0.2) is 42.5 Å². The molecule has 3 N–H and O–H groups in total. The zero-order chi connectivity index (χ0) is 13.8. The van der Waals surface area contributed by atoms with Gasteiger partial charge in [-0.25, -0.2) is 4.79 Å². The number of rotatable bonds is 1. The van der Waals surface area contributed by atoms with Crippen molar-refractivity contribution in [1.29, 1.82) is 0 Å². The van der Waals surface area contributed by atoms with Crippen molar-refractivity contribution in [1.82, 2.24) is 0 Å². The first kappa shape index (κ1) is 12.7. The van der Waals surface area contributed by atoms with E-state index in [1.807, 2.05) is 31.2 Å². The molecule has 0 unspecified atom stereocenters. The van der Waals surface area contributed by atoms with Gasteiger partial charge in [-0.15, -0.1) is 0 Å². The van der Waals surface area contributed by atoms with E-state index in [1.165, 1.54) is 6.07 Å². The first-order valence-electron chi connectivity index (χ1n) is 5.78. The van der Waals surface area contributed by atoms with Gasteiger partial charge in [-0.3, -0.25) is 0 Å². The molecule has 0 fully saturated rings. The Morgan fingerprint density at radius 1 is 1.16 bits per heavy atom. The fourth-order valence-electron chi connectivity index (χ4n) is 1.72. The molecular formula is C16H13NO2. The third-order valence-corrected chi connectivity index (χ3v) is 2.70. The van der Waals surface area contributed by atoms with Gasteiger partial charge in [0.25, 0.3) is 0 Å². The van der Waals surface area contributed by atoms with E-state index in [9.17, 15) is 4.79 Å². The maximum atomic E-state index is 11.0. The molecule has 0 heterocycles. The van der Waals surface area contributed by atoms with Gasteiger partial charge in [0.1, 0.15) is 0 Å². The van der Waals surface area contributed by atoms with Crippen molar-refractivity contribution in [3.05, 3.63) is 64.7 Å². The molecule has 3 nitrogen and oxygen atoms in total. The number of carboxylic acids is 1. The smallest absolute Gasteiger partial charge is 0.337 e. The third-order valence-electron chi connectivity index (χ3n) is 2.70. The van der Waals surface area contributed by atoms with Gasteiger partial charge in [-0.2, -0.15) is 0 Å². The minimum absolute atomic E-state index is 0.0797. The number of hydrogen-bond acceptors (Lipinski definition) is 2. The Labute approximate surface area is 111 Å². The number of carbonyl (C=O) groups is 1. The number of para-hydroxylation sites is 1. The van der Waals surface area contributed by atoms with Crippen molar-refractivity contribution in [3.8, 4) is 11.8 Å². The Morgan fingerprint density at radius 2 is 1.89 bits per heavy atom. The van der Waals surface area contributed by atoms with E-state index in [1.54, 1.807) is 12.1 Å². The lowest BCUT2D eigenvalue weighted by molar-refractivity contribution is 0.0698. The summed E-state index contributed by atoms with van der Waals surface area (Å²) in [7, 11) is 0. The first-order chi connectivity index (χ1) is 9.08. The van der Waals surface area contributed by atoms with Crippen molar-refractivity contribution < 1.29 is 9.90 Å². The predicted molar refractivity (Wildman–Crippen MR) is 75.0 cm³/mol. The van der Waals surface area contributed by atoms with E-state index < -0.39 is 5.97 Å². The number of anilines is 1. The van der Waals surface area contributed by atoms with E-state index >= 15 is 0 Å². The maximum absolute atomic E-state index is 11.0. The molecule has 0 spiro atoms. The van der Waals surface area contributed by atoms with Crippen LogP contribution >= 0.6 is 0 Å². The van der Waals surface area contributed by atoms with Crippen molar-refractivity contribution in [2.45, 2.75) is 6.92 Å². The number of nitrogens with two attached hydrogens (primary N) is 1. The Balaban J connectivity index is 2.40. The molecule has 0 radical (unpaired) electrons. The molecular weight excluding hydrogens is 238 g/mol. The quantitative estimate of drug-likeness (QED) is 0.605. The van der Waals surface area contributed by atoms with E-state index in [4.69, 9.17) is 10.8 Å². The summed E-state index contributed by atoms with van der Waals surface area (Å²) < 4.78 is 0. The molecule has 0 aliphatic carbocycles. The average molecular weight is 251 g/mol. The molecule has 2 aromatic rings. The van der Waals surface area contributed by atoms with Crippen LogP contribution in [0.5, 0.6) is 0 Å².